The normalized spacial score (nSPS) is 11.6. The number of aryl methyl sites for hydroxylation is 1. The summed E-state index contributed by atoms with van der Waals surface area (Å²) in [4.78, 5) is 32.5. The number of carbonyl (C=O) groups excluding carboxylic acids is 1. The summed E-state index contributed by atoms with van der Waals surface area (Å²) in [6.07, 6.45) is 5.51. The number of aromatic nitrogens is 3. The number of fused-ring (bicyclic) bond motifs is 1. The van der Waals surface area contributed by atoms with Gasteiger partial charge in [-0.1, -0.05) is 0 Å². The fourth-order valence-corrected chi connectivity index (χ4v) is 3.79. The molecule has 0 saturated carbocycles. The predicted molar refractivity (Wildman–Crippen MR) is 127 cm³/mol. The van der Waals surface area contributed by atoms with Crippen LogP contribution in [0.3, 0.4) is 0 Å². The standard InChI is InChI=1S/C25H24FN5O4/c1-27-18-7-10-30(20(14-18)25(33)34)9-3-8-28-24(32)16-6-11-31-21(15-29-23(31)12-16)19-13-17(26)4-5-22(19)35-2/h4-7,10-15H,3,8-9H2,1-2H3,(H,28,32)(H,33,34). The first-order valence-electron chi connectivity index (χ1n) is 10.9. The molecule has 180 valence electrons. The maximum absolute atomic E-state index is 13.8. The van der Waals surface area contributed by atoms with Crippen LogP contribution in [0.4, 0.5) is 4.39 Å². The van der Waals surface area contributed by atoms with Gasteiger partial charge in [0.2, 0.25) is 0 Å². The van der Waals surface area contributed by atoms with Crippen LogP contribution >= 0.6 is 0 Å². The molecule has 1 aromatic carbocycles. The van der Waals surface area contributed by atoms with Gasteiger partial charge in [0.15, 0.2) is 0 Å². The summed E-state index contributed by atoms with van der Waals surface area (Å²) in [7, 11) is 3.11. The highest BCUT2D eigenvalue weighted by Crippen LogP contribution is 2.31. The van der Waals surface area contributed by atoms with Crippen LogP contribution in [0.1, 0.15) is 27.3 Å². The van der Waals surface area contributed by atoms with Crippen LogP contribution in [0.25, 0.3) is 16.9 Å². The van der Waals surface area contributed by atoms with E-state index in [0.717, 1.165) is 0 Å². The Morgan fingerprint density at radius 2 is 2.00 bits per heavy atom. The van der Waals surface area contributed by atoms with Gasteiger partial charge in [0.25, 0.3) is 5.91 Å². The van der Waals surface area contributed by atoms with E-state index in [-0.39, 0.29) is 11.6 Å². The van der Waals surface area contributed by atoms with E-state index in [2.05, 4.69) is 15.3 Å². The third-order valence-electron chi connectivity index (χ3n) is 5.57. The lowest BCUT2D eigenvalue weighted by Gasteiger charge is -2.11. The highest BCUT2D eigenvalue weighted by atomic mass is 19.1. The quantitative estimate of drug-likeness (QED) is 0.379. The lowest BCUT2D eigenvalue weighted by Crippen LogP contribution is -2.26. The van der Waals surface area contributed by atoms with Crippen molar-refractivity contribution >= 4 is 17.5 Å². The molecular weight excluding hydrogens is 453 g/mol. The fraction of sp³-hybridized carbons (Fsp3) is 0.200. The first-order valence-corrected chi connectivity index (χ1v) is 10.9. The van der Waals surface area contributed by atoms with Gasteiger partial charge >= 0.3 is 5.97 Å². The van der Waals surface area contributed by atoms with Crippen molar-refractivity contribution in [3.05, 3.63) is 83.5 Å². The molecule has 0 fully saturated rings. The molecule has 0 radical (unpaired) electrons. The summed E-state index contributed by atoms with van der Waals surface area (Å²) < 4.78 is 22.5. The molecule has 10 heteroatoms. The number of pyridine rings is 2. The number of amides is 1. The van der Waals surface area contributed by atoms with E-state index >= 15 is 0 Å². The summed E-state index contributed by atoms with van der Waals surface area (Å²) in [5.74, 6) is -1.19. The highest BCUT2D eigenvalue weighted by Gasteiger charge is 2.14. The van der Waals surface area contributed by atoms with Gasteiger partial charge in [-0.05, 0) is 48.9 Å². The number of halogens is 1. The molecule has 4 aromatic rings. The Hall–Kier alpha value is -4.47. The zero-order chi connectivity index (χ0) is 24.9. The van der Waals surface area contributed by atoms with Crippen molar-refractivity contribution in [1.82, 2.24) is 19.3 Å². The fourth-order valence-electron chi connectivity index (χ4n) is 3.79. The number of carboxylic acid groups (broad SMARTS) is 1. The monoisotopic (exact) mass is 477 g/mol. The summed E-state index contributed by atoms with van der Waals surface area (Å²) in [6, 6.07) is 10.8. The van der Waals surface area contributed by atoms with Crippen molar-refractivity contribution < 1.29 is 23.8 Å². The van der Waals surface area contributed by atoms with Crippen LogP contribution in [-0.2, 0) is 6.54 Å². The number of imidazole rings is 1. The van der Waals surface area contributed by atoms with E-state index in [1.54, 1.807) is 58.9 Å². The smallest absolute Gasteiger partial charge is 0.352 e. The van der Waals surface area contributed by atoms with E-state index in [9.17, 15) is 19.1 Å². The van der Waals surface area contributed by atoms with E-state index in [4.69, 9.17) is 4.74 Å². The Kier molecular flexibility index (Phi) is 6.91. The Morgan fingerprint density at radius 3 is 2.74 bits per heavy atom. The minimum absolute atomic E-state index is 0.134. The van der Waals surface area contributed by atoms with E-state index in [0.29, 0.717) is 53.1 Å². The van der Waals surface area contributed by atoms with Crippen LogP contribution in [0.15, 0.2) is 66.0 Å². The number of ether oxygens (including phenoxy) is 1. The molecule has 0 spiro atoms. The first-order chi connectivity index (χ1) is 16.9. The molecule has 3 aromatic heterocycles. The minimum atomic E-state index is -1.04. The molecule has 0 aliphatic carbocycles. The summed E-state index contributed by atoms with van der Waals surface area (Å²) >= 11 is 0. The van der Waals surface area contributed by atoms with Crippen LogP contribution in [0.2, 0.25) is 0 Å². The Balaban J connectivity index is 1.44. The maximum Gasteiger partial charge on any atom is 0.352 e. The molecule has 0 bridgehead atoms. The molecule has 0 atom stereocenters. The minimum Gasteiger partial charge on any atom is -0.496 e. The van der Waals surface area contributed by atoms with Crippen LogP contribution in [0.5, 0.6) is 5.75 Å². The van der Waals surface area contributed by atoms with Crippen molar-refractivity contribution in [2.45, 2.75) is 13.0 Å². The molecule has 0 aliphatic rings. The van der Waals surface area contributed by atoms with Crippen molar-refractivity contribution in [3.63, 3.8) is 0 Å². The van der Waals surface area contributed by atoms with Gasteiger partial charge in [0.1, 0.15) is 22.9 Å². The summed E-state index contributed by atoms with van der Waals surface area (Å²) in [5, 5.41) is 12.8. The number of carbonyl (C=O) groups is 2. The topological polar surface area (TPSA) is 110 Å². The van der Waals surface area contributed by atoms with Gasteiger partial charge in [-0.15, -0.1) is 0 Å². The Bertz CT molecular complexity index is 1470. The first kappa shape index (κ1) is 23.7. The van der Waals surface area contributed by atoms with Gasteiger partial charge in [0, 0.05) is 43.7 Å². The second-order valence-corrected chi connectivity index (χ2v) is 7.73. The molecule has 9 nitrogen and oxygen atoms in total. The van der Waals surface area contributed by atoms with Crippen LogP contribution < -0.4 is 15.4 Å². The van der Waals surface area contributed by atoms with Gasteiger partial charge in [0.05, 0.1) is 24.4 Å². The average molecular weight is 477 g/mol. The largest absolute Gasteiger partial charge is 0.496 e. The van der Waals surface area contributed by atoms with Crippen LogP contribution in [-0.4, -0.2) is 51.6 Å². The Labute approximate surface area is 200 Å². The molecule has 0 saturated heterocycles. The summed E-state index contributed by atoms with van der Waals surface area (Å²) in [6.45, 7) is 0.778. The lowest BCUT2D eigenvalue weighted by molar-refractivity contribution is 0.0683. The number of benzene rings is 1. The van der Waals surface area contributed by atoms with Gasteiger partial charge < -0.3 is 19.7 Å². The number of methoxy groups -OCH3 is 1. The zero-order valence-corrected chi connectivity index (χ0v) is 19.2. The van der Waals surface area contributed by atoms with Crippen molar-refractivity contribution in [3.8, 4) is 17.0 Å². The second kappa shape index (κ2) is 10.2. The molecule has 0 aliphatic heterocycles. The third kappa shape index (κ3) is 5.06. The van der Waals surface area contributed by atoms with Crippen molar-refractivity contribution in [2.75, 3.05) is 20.7 Å². The molecule has 4 rings (SSSR count). The molecule has 1 amide bonds. The Morgan fingerprint density at radius 1 is 1.17 bits per heavy atom. The number of hydrogen-bond donors (Lipinski definition) is 2. The molecule has 35 heavy (non-hydrogen) atoms. The molecule has 3 heterocycles. The highest BCUT2D eigenvalue weighted by molar-refractivity contribution is 5.95. The third-order valence-corrected chi connectivity index (χ3v) is 5.57. The molecular formula is C25H24FN5O4. The zero-order valence-electron chi connectivity index (χ0n) is 19.2. The predicted octanol–water partition coefficient (Wildman–Crippen LogP) is 3.00. The van der Waals surface area contributed by atoms with Gasteiger partial charge in [-0.25, -0.2) is 14.2 Å². The van der Waals surface area contributed by atoms with E-state index < -0.39 is 11.8 Å². The number of nitrogens with one attached hydrogen (secondary N) is 1. The maximum atomic E-state index is 13.8. The van der Waals surface area contributed by atoms with Gasteiger partial charge in [-0.2, -0.15) is 0 Å². The lowest BCUT2D eigenvalue weighted by atomic mass is 10.1. The van der Waals surface area contributed by atoms with Crippen molar-refractivity contribution in [2.24, 2.45) is 4.99 Å². The number of hydrogen-bond acceptors (Lipinski definition) is 5. The van der Waals surface area contributed by atoms with Crippen LogP contribution in [0, 0.1) is 5.82 Å². The van der Waals surface area contributed by atoms with Gasteiger partial charge in [-0.3, -0.25) is 14.2 Å². The number of rotatable bonds is 8. The number of aromatic carboxylic acids is 1. The number of nitrogens with zero attached hydrogens (tertiary/aromatic N) is 4. The second-order valence-electron chi connectivity index (χ2n) is 7.73. The number of carboxylic acids is 1. The van der Waals surface area contributed by atoms with E-state index in [1.807, 2.05) is 0 Å². The SMILES string of the molecule is CN=c1ccn(CCCNC(=O)c2ccn3c(-c4cc(F)ccc4OC)cnc3c2)c(C(=O)O)c1. The summed E-state index contributed by atoms with van der Waals surface area (Å²) in [5.41, 5.74) is 2.28. The van der Waals surface area contributed by atoms with E-state index in [1.165, 1.54) is 25.3 Å². The van der Waals surface area contributed by atoms with Crippen molar-refractivity contribution in [1.29, 1.82) is 0 Å². The molecule has 2 N–H and O–H groups in total. The average Bonchev–Trinajstić information content (AvgIpc) is 3.29. The molecule has 0 unspecified atom stereocenters.